The molecule has 0 radical (unpaired) electrons. The van der Waals surface area contributed by atoms with Gasteiger partial charge in [0.1, 0.15) is 5.82 Å². The maximum Gasteiger partial charge on any atom is 0.331 e. The van der Waals surface area contributed by atoms with Gasteiger partial charge in [-0.15, -0.1) is 10.2 Å². The Morgan fingerprint density at radius 2 is 2.17 bits per heavy atom. The van der Waals surface area contributed by atoms with Gasteiger partial charge in [0.15, 0.2) is 5.69 Å². The fraction of sp³-hybridized carbons (Fsp3) is 0.350. The van der Waals surface area contributed by atoms with E-state index < -0.39 is 23.2 Å². The Hall–Kier alpha value is -3.01. The van der Waals surface area contributed by atoms with Crippen molar-refractivity contribution >= 4 is 45.4 Å². The largest absolute Gasteiger partial charge is 0.493 e. The standard InChI is InChI=1S/C20H19FN4O4S/c1-9-8-20(2,3)25-16-11(9)5-10(21)6-12(16)15(18(25)28)23-24-19-22-17(27)13(30-19)7-14(26)29-4/h5-7,9,28H,8H2,1-4H3/b13-7-,24-23?. The van der Waals surface area contributed by atoms with Gasteiger partial charge in [-0.05, 0) is 55.6 Å². The number of aromatic nitrogens is 1. The Morgan fingerprint density at radius 1 is 1.43 bits per heavy atom. The van der Waals surface area contributed by atoms with Crippen molar-refractivity contribution in [3.63, 3.8) is 0 Å². The predicted molar refractivity (Wildman–Crippen MR) is 111 cm³/mol. The lowest BCUT2D eigenvalue weighted by Crippen LogP contribution is -2.31. The van der Waals surface area contributed by atoms with Gasteiger partial charge in [-0.3, -0.25) is 4.79 Å². The van der Waals surface area contributed by atoms with Crippen LogP contribution in [0.5, 0.6) is 5.88 Å². The SMILES string of the molecule is COC(=O)/C=C1\SC(N=Nc2c(O)n3c4c(cc(F)cc24)C(C)CC3(C)C)=NC1=O. The van der Waals surface area contributed by atoms with Gasteiger partial charge in [0.25, 0.3) is 5.91 Å². The first-order valence-corrected chi connectivity index (χ1v) is 10.0. The van der Waals surface area contributed by atoms with Crippen molar-refractivity contribution in [1.29, 1.82) is 0 Å². The highest BCUT2D eigenvalue weighted by Gasteiger charge is 2.37. The zero-order valence-corrected chi connectivity index (χ0v) is 17.6. The number of aromatic hydroxyl groups is 1. The third kappa shape index (κ3) is 3.20. The van der Waals surface area contributed by atoms with Crippen LogP contribution >= 0.6 is 11.8 Å². The van der Waals surface area contributed by atoms with Gasteiger partial charge in [0.2, 0.25) is 11.0 Å². The first kappa shape index (κ1) is 20.3. The molecule has 10 heteroatoms. The number of benzene rings is 1. The number of azo groups is 1. The van der Waals surface area contributed by atoms with Crippen molar-refractivity contribution < 1.29 is 23.8 Å². The molecule has 0 saturated carbocycles. The fourth-order valence-corrected chi connectivity index (χ4v) is 4.79. The predicted octanol–water partition coefficient (Wildman–Crippen LogP) is 4.50. The molecular formula is C20H19FN4O4S. The van der Waals surface area contributed by atoms with Crippen LogP contribution in [0.15, 0.2) is 38.3 Å². The van der Waals surface area contributed by atoms with Crippen molar-refractivity contribution in [2.75, 3.05) is 7.11 Å². The minimum Gasteiger partial charge on any atom is -0.493 e. The number of ether oxygens (including phenoxy) is 1. The number of amidine groups is 1. The molecule has 3 heterocycles. The highest BCUT2D eigenvalue weighted by atomic mass is 32.2. The minimum absolute atomic E-state index is 0.00887. The molecule has 1 N–H and O–H groups in total. The Morgan fingerprint density at radius 3 is 2.87 bits per heavy atom. The number of methoxy groups -OCH3 is 1. The van der Waals surface area contributed by atoms with E-state index in [1.54, 1.807) is 4.57 Å². The third-order valence-corrected chi connectivity index (χ3v) is 6.11. The quantitative estimate of drug-likeness (QED) is 0.429. The monoisotopic (exact) mass is 430 g/mol. The Labute approximate surface area is 175 Å². The number of carbonyl (C=O) groups excluding carboxylic acids is 2. The molecule has 1 atom stereocenters. The van der Waals surface area contributed by atoms with Crippen molar-refractivity contribution in [3.05, 3.63) is 34.5 Å². The average Bonchev–Trinajstić information content (AvgIpc) is 3.15. The molecule has 4 rings (SSSR count). The van der Waals surface area contributed by atoms with Crippen LogP contribution in [0.4, 0.5) is 10.1 Å². The number of rotatable bonds is 2. The molecule has 1 aromatic heterocycles. The Balaban J connectivity index is 1.79. The molecule has 2 aliphatic heterocycles. The van der Waals surface area contributed by atoms with E-state index in [1.807, 2.05) is 20.8 Å². The van der Waals surface area contributed by atoms with Crippen molar-refractivity contribution in [1.82, 2.24) is 4.57 Å². The van der Waals surface area contributed by atoms with Crippen LogP contribution in [0.2, 0.25) is 0 Å². The maximum atomic E-state index is 14.3. The van der Waals surface area contributed by atoms with Gasteiger partial charge in [0, 0.05) is 17.0 Å². The normalized spacial score (nSPS) is 21.6. The molecule has 0 saturated heterocycles. The number of hydrogen-bond donors (Lipinski definition) is 1. The summed E-state index contributed by atoms with van der Waals surface area (Å²) < 4.78 is 20.6. The molecule has 2 aromatic rings. The molecule has 156 valence electrons. The highest BCUT2D eigenvalue weighted by Crippen LogP contribution is 2.51. The first-order valence-electron chi connectivity index (χ1n) is 9.22. The Kier molecular flexibility index (Phi) is 4.76. The van der Waals surface area contributed by atoms with Gasteiger partial charge in [-0.25, -0.2) is 9.18 Å². The van der Waals surface area contributed by atoms with Gasteiger partial charge in [-0.1, -0.05) is 6.92 Å². The van der Waals surface area contributed by atoms with E-state index in [0.717, 1.165) is 35.3 Å². The van der Waals surface area contributed by atoms with Gasteiger partial charge in [0.05, 0.1) is 17.5 Å². The number of nitrogens with zero attached hydrogens (tertiary/aromatic N) is 4. The molecule has 0 aliphatic carbocycles. The number of carbonyl (C=O) groups is 2. The molecule has 2 aliphatic rings. The number of hydrogen-bond acceptors (Lipinski definition) is 7. The summed E-state index contributed by atoms with van der Waals surface area (Å²) in [5.74, 6) is -1.77. The summed E-state index contributed by atoms with van der Waals surface area (Å²) in [4.78, 5) is 27.0. The fourth-order valence-electron chi connectivity index (χ4n) is 4.10. The van der Waals surface area contributed by atoms with Gasteiger partial charge in [-0.2, -0.15) is 4.99 Å². The molecule has 8 nitrogen and oxygen atoms in total. The lowest BCUT2D eigenvalue weighted by molar-refractivity contribution is -0.135. The highest BCUT2D eigenvalue weighted by molar-refractivity contribution is 8.18. The molecule has 0 spiro atoms. The van der Waals surface area contributed by atoms with Crippen LogP contribution < -0.4 is 0 Å². The summed E-state index contributed by atoms with van der Waals surface area (Å²) in [6, 6.07) is 2.80. The summed E-state index contributed by atoms with van der Waals surface area (Å²) in [6.07, 6.45) is 1.74. The Bertz CT molecular complexity index is 1200. The van der Waals surface area contributed by atoms with Crippen molar-refractivity contribution in [3.8, 4) is 5.88 Å². The summed E-state index contributed by atoms with van der Waals surface area (Å²) >= 11 is 0.862. The average molecular weight is 430 g/mol. The van der Waals surface area contributed by atoms with Crippen LogP contribution in [-0.2, 0) is 19.9 Å². The van der Waals surface area contributed by atoms with Crippen molar-refractivity contribution in [2.24, 2.45) is 15.2 Å². The van der Waals surface area contributed by atoms with Gasteiger partial charge >= 0.3 is 5.97 Å². The van der Waals surface area contributed by atoms with Crippen LogP contribution in [0.25, 0.3) is 10.9 Å². The smallest absolute Gasteiger partial charge is 0.331 e. The van der Waals surface area contributed by atoms with Crippen LogP contribution in [-0.4, -0.2) is 33.8 Å². The third-order valence-electron chi connectivity index (χ3n) is 5.24. The lowest BCUT2D eigenvalue weighted by Gasteiger charge is -2.36. The maximum absolute atomic E-state index is 14.3. The second kappa shape index (κ2) is 7.05. The van der Waals surface area contributed by atoms with E-state index in [2.05, 4.69) is 20.0 Å². The molecule has 0 bridgehead atoms. The molecular weight excluding hydrogens is 411 g/mol. The minimum atomic E-state index is -0.683. The second-order valence-electron chi connectivity index (χ2n) is 7.85. The number of aliphatic imine (C=N–C) groups is 1. The number of esters is 1. The van der Waals surface area contributed by atoms with E-state index in [1.165, 1.54) is 19.2 Å². The van der Waals surface area contributed by atoms with E-state index >= 15 is 0 Å². The first-order chi connectivity index (χ1) is 14.1. The number of amides is 1. The second-order valence-corrected chi connectivity index (χ2v) is 8.86. The van der Waals surface area contributed by atoms with E-state index in [9.17, 15) is 19.1 Å². The van der Waals surface area contributed by atoms with E-state index in [4.69, 9.17) is 0 Å². The summed E-state index contributed by atoms with van der Waals surface area (Å²) in [5.41, 5.74) is 1.21. The van der Waals surface area contributed by atoms with Gasteiger partial charge < -0.3 is 14.4 Å². The molecule has 1 amide bonds. The van der Waals surface area contributed by atoms with E-state index in [-0.39, 0.29) is 27.6 Å². The topological polar surface area (TPSA) is 106 Å². The number of thioether (sulfide) groups is 1. The van der Waals surface area contributed by atoms with Crippen LogP contribution in [0, 0.1) is 5.82 Å². The zero-order valence-electron chi connectivity index (χ0n) is 16.8. The molecule has 30 heavy (non-hydrogen) atoms. The molecule has 1 aromatic carbocycles. The lowest BCUT2D eigenvalue weighted by atomic mass is 9.82. The molecule has 1 unspecified atom stereocenters. The van der Waals surface area contributed by atoms with Crippen LogP contribution in [0.3, 0.4) is 0 Å². The zero-order chi connectivity index (χ0) is 21.8. The number of halogens is 1. The summed E-state index contributed by atoms with van der Waals surface area (Å²) in [6.45, 7) is 6.01. The van der Waals surface area contributed by atoms with Crippen molar-refractivity contribution in [2.45, 2.75) is 38.6 Å². The molecule has 0 fully saturated rings. The van der Waals surface area contributed by atoms with Crippen LogP contribution in [0.1, 0.15) is 38.7 Å². The summed E-state index contributed by atoms with van der Waals surface area (Å²) in [5, 5.41) is 19.4. The summed E-state index contributed by atoms with van der Waals surface area (Å²) in [7, 11) is 1.20. The van der Waals surface area contributed by atoms with E-state index in [0.29, 0.717) is 5.39 Å².